The van der Waals surface area contributed by atoms with Crippen LogP contribution in [0.15, 0.2) is 30.3 Å². The van der Waals surface area contributed by atoms with Gasteiger partial charge in [-0.15, -0.1) is 11.8 Å². The number of aliphatic carboxylic acids is 1. The lowest BCUT2D eigenvalue weighted by Gasteiger charge is -2.13. The number of aryl methyl sites for hydroxylation is 1. The number of carboxylic acid groups (broad SMARTS) is 1. The van der Waals surface area contributed by atoms with E-state index >= 15 is 0 Å². The number of carbonyl (C=O) groups excluding carboxylic acids is 1. The van der Waals surface area contributed by atoms with Crippen LogP contribution in [0.2, 0.25) is 0 Å². The van der Waals surface area contributed by atoms with Crippen LogP contribution in [0.5, 0.6) is 0 Å². The molecule has 1 saturated heterocycles. The molecule has 2 N–H and O–H groups in total. The van der Waals surface area contributed by atoms with Crippen LogP contribution in [0.1, 0.15) is 52.4 Å². The quantitative estimate of drug-likeness (QED) is 0.541. The predicted octanol–water partition coefficient (Wildman–Crippen LogP) is 3.84. The number of esters is 1. The number of carbonyl (C=O) groups is 2. The zero-order chi connectivity index (χ0) is 20.3. The van der Waals surface area contributed by atoms with E-state index in [1.165, 1.54) is 11.8 Å². The largest absolute Gasteiger partial charge is 0.480 e. The van der Waals surface area contributed by atoms with Gasteiger partial charge >= 0.3 is 11.9 Å². The molecule has 0 spiro atoms. The van der Waals surface area contributed by atoms with E-state index in [-0.39, 0.29) is 11.3 Å². The summed E-state index contributed by atoms with van der Waals surface area (Å²) in [6, 6.07) is 9.48. The molecule has 1 aromatic carbocycles. The molecule has 0 unspecified atom stereocenters. The standard InChI is InChI=1S/C21H26N2O4S/c1-4-5-10-27-21(26)15-6-8-16(9-7-15)23-13(2)11-17(14(23)3)19-22-12-18(28-19)20(24)25/h6-9,11,18-19,22H,4-5,10,12H2,1-3H3,(H,24,25)/t18-,19-/m0/s1. The Morgan fingerprint density at radius 3 is 2.61 bits per heavy atom. The van der Waals surface area contributed by atoms with E-state index in [0.29, 0.717) is 18.7 Å². The van der Waals surface area contributed by atoms with Gasteiger partial charge in [0.15, 0.2) is 0 Å². The van der Waals surface area contributed by atoms with E-state index in [2.05, 4.69) is 22.9 Å². The van der Waals surface area contributed by atoms with Gasteiger partial charge < -0.3 is 14.4 Å². The third-order valence-corrected chi connectivity index (χ3v) is 6.30. The molecule has 150 valence electrons. The molecular weight excluding hydrogens is 376 g/mol. The zero-order valence-corrected chi connectivity index (χ0v) is 17.2. The molecule has 1 fully saturated rings. The van der Waals surface area contributed by atoms with E-state index in [1.54, 1.807) is 12.1 Å². The second-order valence-electron chi connectivity index (χ2n) is 6.95. The lowest BCUT2D eigenvalue weighted by molar-refractivity contribution is -0.136. The van der Waals surface area contributed by atoms with Gasteiger partial charge in [-0.25, -0.2) is 4.79 Å². The van der Waals surface area contributed by atoms with Gasteiger partial charge in [0.05, 0.1) is 17.5 Å². The first-order valence-electron chi connectivity index (χ1n) is 9.50. The summed E-state index contributed by atoms with van der Waals surface area (Å²) in [7, 11) is 0. The fourth-order valence-corrected chi connectivity index (χ4v) is 4.61. The Morgan fingerprint density at radius 2 is 2.00 bits per heavy atom. The van der Waals surface area contributed by atoms with Crippen LogP contribution in [0.25, 0.3) is 5.69 Å². The van der Waals surface area contributed by atoms with E-state index < -0.39 is 11.2 Å². The van der Waals surface area contributed by atoms with Crippen molar-refractivity contribution >= 4 is 23.7 Å². The minimum atomic E-state index is -0.782. The number of hydrogen-bond donors (Lipinski definition) is 2. The number of hydrogen-bond acceptors (Lipinski definition) is 5. The van der Waals surface area contributed by atoms with Gasteiger partial charge in [-0.05, 0) is 50.6 Å². The van der Waals surface area contributed by atoms with Crippen LogP contribution in [-0.2, 0) is 9.53 Å². The minimum Gasteiger partial charge on any atom is -0.480 e. The first-order valence-corrected chi connectivity index (χ1v) is 10.4. The van der Waals surface area contributed by atoms with Crippen molar-refractivity contribution in [3.05, 3.63) is 52.8 Å². The van der Waals surface area contributed by atoms with Crippen LogP contribution in [0, 0.1) is 13.8 Å². The minimum absolute atomic E-state index is 0.0335. The summed E-state index contributed by atoms with van der Waals surface area (Å²) < 4.78 is 7.38. The SMILES string of the molecule is CCCCOC(=O)c1ccc(-n2c(C)cc([C@H]3NC[C@@H](C(=O)O)S3)c2C)cc1. The van der Waals surface area contributed by atoms with E-state index in [1.807, 2.05) is 26.0 Å². The smallest absolute Gasteiger partial charge is 0.338 e. The molecule has 1 aromatic heterocycles. The van der Waals surface area contributed by atoms with Crippen molar-refractivity contribution in [2.24, 2.45) is 0 Å². The number of nitrogens with zero attached hydrogens (tertiary/aromatic N) is 1. The molecule has 0 saturated carbocycles. The molecule has 28 heavy (non-hydrogen) atoms. The Labute approximate surface area is 169 Å². The third kappa shape index (κ3) is 4.25. The van der Waals surface area contributed by atoms with Crippen LogP contribution in [0.3, 0.4) is 0 Å². The van der Waals surface area contributed by atoms with Crippen molar-refractivity contribution in [3.8, 4) is 5.69 Å². The van der Waals surface area contributed by atoms with Crippen LogP contribution in [0.4, 0.5) is 0 Å². The molecule has 1 aliphatic rings. The molecule has 2 aromatic rings. The maximum atomic E-state index is 12.1. The average molecular weight is 403 g/mol. The first-order chi connectivity index (χ1) is 13.4. The monoisotopic (exact) mass is 402 g/mol. The molecule has 3 rings (SSSR count). The summed E-state index contributed by atoms with van der Waals surface area (Å²) in [6.45, 7) is 7.02. The molecule has 0 aliphatic carbocycles. The van der Waals surface area contributed by atoms with Gasteiger partial charge in [-0.1, -0.05) is 13.3 Å². The van der Waals surface area contributed by atoms with Crippen molar-refractivity contribution in [1.82, 2.24) is 9.88 Å². The number of nitrogens with one attached hydrogen (secondary N) is 1. The third-order valence-electron chi connectivity index (χ3n) is 4.91. The normalized spacial score (nSPS) is 19.0. The number of unbranched alkanes of at least 4 members (excludes halogenated alkanes) is 1. The molecular formula is C21H26N2O4S. The summed E-state index contributed by atoms with van der Waals surface area (Å²) in [4.78, 5) is 23.3. The molecule has 2 atom stereocenters. The Bertz CT molecular complexity index is 860. The fourth-order valence-electron chi connectivity index (χ4n) is 3.39. The van der Waals surface area contributed by atoms with Crippen molar-refractivity contribution in [1.29, 1.82) is 0 Å². The van der Waals surface area contributed by atoms with Crippen LogP contribution < -0.4 is 5.32 Å². The Balaban J connectivity index is 1.78. The van der Waals surface area contributed by atoms with E-state index in [9.17, 15) is 14.7 Å². The van der Waals surface area contributed by atoms with Gasteiger partial charge in [-0.3, -0.25) is 10.1 Å². The van der Waals surface area contributed by atoms with Crippen LogP contribution >= 0.6 is 11.8 Å². The van der Waals surface area contributed by atoms with Gasteiger partial charge in [-0.2, -0.15) is 0 Å². The number of aromatic nitrogens is 1. The highest BCUT2D eigenvalue weighted by atomic mass is 32.2. The summed E-state index contributed by atoms with van der Waals surface area (Å²) in [5.74, 6) is -1.08. The van der Waals surface area contributed by atoms with Crippen LogP contribution in [-0.4, -0.2) is 40.0 Å². The maximum absolute atomic E-state index is 12.1. The summed E-state index contributed by atoms with van der Waals surface area (Å²) in [5, 5.41) is 12.1. The lowest BCUT2D eigenvalue weighted by atomic mass is 10.2. The van der Waals surface area contributed by atoms with Crippen molar-refractivity contribution in [2.75, 3.05) is 13.2 Å². The molecule has 7 heteroatoms. The van der Waals surface area contributed by atoms with Gasteiger partial charge in [0, 0.05) is 29.2 Å². The molecule has 0 bridgehead atoms. The molecule has 2 heterocycles. The second kappa shape index (κ2) is 8.84. The zero-order valence-electron chi connectivity index (χ0n) is 16.4. The highest BCUT2D eigenvalue weighted by Crippen LogP contribution is 2.38. The molecule has 0 radical (unpaired) electrons. The highest BCUT2D eigenvalue weighted by molar-refractivity contribution is 8.01. The number of rotatable bonds is 7. The maximum Gasteiger partial charge on any atom is 0.338 e. The molecule has 6 nitrogen and oxygen atoms in total. The molecule has 1 aliphatic heterocycles. The number of thioether (sulfide) groups is 1. The van der Waals surface area contributed by atoms with Gasteiger partial charge in [0.25, 0.3) is 0 Å². The summed E-state index contributed by atoms with van der Waals surface area (Å²) in [6.07, 6.45) is 1.85. The van der Waals surface area contributed by atoms with Gasteiger partial charge in [0.2, 0.25) is 0 Å². The number of benzene rings is 1. The first kappa shape index (κ1) is 20.5. The Kier molecular flexibility index (Phi) is 6.46. The Hall–Kier alpha value is -2.25. The van der Waals surface area contributed by atoms with Crippen molar-refractivity contribution in [2.45, 2.75) is 44.2 Å². The lowest BCUT2D eigenvalue weighted by Crippen LogP contribution is -2.21. The second-order valence-corrected chi connectivity index (χ2v) is 8.26. The fraction of sp³-hybridized carbons (Fsp3) is 0.429. The number of carboxylic acids is 1. The summed E-state index contributed by atoms with van der Waals surface area (Å²) >= 11 is 1.43. The Morgan fingerprint density at radius 1 is 1.29 bits per heavy atom. The van der Waals surface area contributed by atoms with Crippen molar-refractivity contribution in [3.63, 3.8) is 0 Å². The van der Waals surface area contributed by atoms with E-state index in [0.717, 1.165) is 35.5 Å². The van der Waals surface area contributed by atoms with Gasteiger partial charge in [0.1, 0.15) is 5.25 Å². The molecule has 0 amide bonds. The predicted molar refractivity (Wildman–Crippen MR) is 110 cm³/mol. The topological polar surface area (TPSA) is 80.6 Å². The number of ether oxygens (including phenoxy) is 1. The van der Waals surface area contributed by atoms with Crippen molar-refractivity contribution < 1.29 is 19.4 Å². The van der Waals surface area contributed by atoms with E-state index in [4.69, 9.17) is 4.74 Å². The summed E-state index contributed by atoms with van der Waals surface area (Å²) in [5.41, 5.74) is 4.72. The average Bonchev–Trinajstić information content (AvgIpc) is 3.27. The highest BCUT2D eigenvalue weighted by Gasteiger charge is 2.32.